The third kappa shape index (κ3) is 6.40. The highest BCUT2D eigenvalue weighted by Crippen LogP contribution is 2.11. The summed E-state index contributed by atoms with van der Waals surface area (Å²) in [7, 11) is 0. The van der Waals surface area contributed by atoms with E-state index in [0.717, 1.165) is 4.47 Å². The number of carboxylic acid groups (broad SMARTS) is 1. The van der Waals surface area contributed by atoms with Crippen LogP contribution in [-0.4, -0.2) is 35.5 Å². The molecule has 0 saturated heterocycles. The van der Waals surface area contributed by atoms with Gasteiger partial charge in [0.15, 0.2) is 0 Å². The Labute approximate surface area is 131 Å². The van der Waals surface area contributed by atoms with Crippen LogP contribution < -0.4 is 10.6 Å². The Morgan fingerprint density at radius 3 is 2.62 bits per heavy atom. The third-order valence-corrected chi connectivity index (χ3v) is 3.27. The van der Waals surface area contributed by atoms with Gasteiger partial charge in [0.05, 0.1) is 13.0 Å². The van der Waals surface area contributed by atoms with E-state index in [4.69, 9.17) is 5.11 Å². The summed E-state index contributed by atoms with van der Waals surface area (Å²) in [5.41, 5.74) is 0.440. The van der Waals surface area contributed by atoms with Crippen molar-refractivity contribution in [2.75, 3.05) is 6.54 Å². The SMILES string of the molecule is CCC(CC(=O)O)NC(=O)CNC(=O)c1cccc(Br)c1. The number of hydrogen-bond donors (Lipinski definition) is 3. The summed E-state index contributed by atoms with van der Waals surface area (Å²) in [5, 5.41) is 13.8. The normalized spacial score (nSPS) is 11.5. The second-order valence-electron chi connectivity index (χ2n) is 4.46. The number of nitrogens with one attached hydrogen (secondary N) is 2. The fraction of sp³-hybridized carbons (Fsp3) is 0.357. The summed E-state index contributed by atoms with van der Waals surface area (Å²) in [6.45, 7) is 1.59. The van der Waals surface area contributed by atoms with Crippen molar-refractivity contribution >= 4 is 33.7 Å². The molecule has 114 valence electrons. The lowest BCUT2D eigenvalue weighted by Gasteiger charge is -2.15. The Bertz CT molecular complexity index is 533. The van der Waals surface area contributed by atoms with E-state index in [2.05, 4.69) is 26.6 Å². The van der Waals surface area contributed by atoms with Crippen LogP contribution >= 0.6 is 15.9 Å². The Hall–Kier alpha value is -1.89. The molecule has 0 radical (unpaired) electrons. The van der Waals surface area contributed by atoms with E-state index in [1.54, 1.807) is 31.2 Å². The number of aliphatic carboxylic acids is 1. The van der Waals surface area contributed by atoms with Gasteiger partial charge < -0.3 is 15.7 Å². The first kappa shape index (κ1) is 17.2. The van der Waals surface area contributed by atoms with Gasteiger partial charge in [-0.2, -0.15) is 0 Å². The van der Waals surface area contributed by atoms with Crippen LogP contribution in [0.5, 0.6) is 0 Å². The number of hydrogen-bond acceptors (Lipinski definition) is 3. The Kier molecular flexibility index (Phi) is 6.87. The average molecular weight is 357 g/mol. The fourth-order valence-electron chi connectivity index (χ4n) is 1.68. The maximum atomic E-state index is 11.8. The Morgan fingerprint density at radius 2 is 2.05 bits per heavy atom. The fourth-order valence-corrected chi connectivity index (χ4v) is 2.08. The van der Waals surface area contributed by atoms with Crippen molar-refractivity contribution in [1.29, 1.82) is 0 Å². The van der Waals surface area contributed by atoms with E-state index in [-0.39, 0.29) is 18.9 Å². The Balaban J connectivity index is 2.45. The summed E-state index contributed by atoms with van der Waals surface area (Å²) in [4.78, 5) is 34.1. The highest BCUT2D eigenvalue weighted by Gasteiger charge is 2.14. The predicted molar refractivity (Wildman–Crippen MR) is 80.9 cm³/mol. The minimum atomic E-state index is -0.972. The molecular weight excluding hydrogens is 340 g/mol. The molecule has 0 aliphatic carbocycles. The van der Waals surface area contributed by atoms with Crippen molar-refractivity contribution < 1.29 is 19.5 Å². The monoisotopic (exact) mass is 356 g/mol. The molecular formula is C14H17BrN2O4. The van der Waals surface area contributed by atoms with Crippen LogP contribution in [0.2, 0.25) is 0 Å². The third-order valence-electron chi connectivity index (χ3n) is 2.78. The van der Waals surface area contributed by atoms with Crippen LogP contribution in [0.25, 0.3) is 0 Å². The van der Waals surface area contributed by atoms with Crippen LogP contribution in [0.4, 0.5) is 0 Å². The second kappa shape index (κ2) is 8.41. The van der Waals surface area contributed by atoms with E-state index in [0.29, 0.717) is 12.0 Å². The predicted octanol–water partition coefficient (Wildman–Crippen LogP) is 1.55. The molecule has 0 bridgehead atoms. The summed E-state index contributed by atoms with van der Waals surface area (Å²) < 4.78 is 0.770. The summed E-state index contributed by atoms with van der Waals surface area (Å²) in [5.74, 6) is -1.75. The molecule has 0 fully saturated rings. The van der Waals surface area contributed by atoms with Crippen LogP contribution in [-0.2, 0) is 9.59 Å². The van der Waals surface area contributed by atoms with Gasteiger partial charge >= 0.3 is 5.97 Å². The molecule has 0 spiro atoms. The number of carboxylic acids is 1. The molecule has 0 saturated carbocycles. The first-order valence-corrected chi connectivity index (χ1v) is 7.26. The summed E-state index contributed by atoms with van der Waals surface area (Å²) in [6.07, 6.45) is 0.374. The van der Waals surface area contributed by atoms with Gasteiger partial charge in [0.1, 0.15) is 0 Å². The van der Waals surface area contributed by atoms with Gasteiger partial charge in [-0.05, 0) is 24.6 Å². The molecule has 6 nitrogen and oxygen atoms in total. The van der Waals surface area contributed by atoms with Crippen molar-refractivity contribution in [3.63, 3.8) is 0 Å². The molecule has 0 aliphatic rings. The zero-order valence-electron chi connectivity index (χ0n) is 11.6. The van der Waals surface area contributed by atoms with Crippen LogP contribution in [0.15, 0.2) is 28.7 Å². The molecule has 2 amide bonds. The second-order valence-corrected chi connectivity index (χ2v) is 5.38. The van der Waals surface area contributed by atoms with E-state index in [9.17, 15) is 14.4 Å². The van der Waals surface area contributed by atoms with Gasteiger partial charge in [-0.1, -0.05) is 28.9 Å². The van der Waals surface area contributed by atoms with Gasteiger partial charge in [0, 0.05) is 16.1 Å². The minimum Gasteiger partial charge on any atom is -0.481 e. The highest BCUT2D eigenvalue weighted by molar-refractivity contribution is 9.10. The van der Waals surface area contributed by atoms with E-state index < -0.39 is 17.9 Å². The van der Waals surface area contributed by atoms with Gasteiger partial charge in [-0.25, -0.2) is 0 Å². The zero-order valence-corrected chi connectivity index (χ0v) is 13.1. The van der Waals surface area contributed by atoms with Crippen molar-refractivity contribution in [3.05, 3.63) is 34.3 Å². The quantitative estimate of drug-likeness (QED) is 0.690. The van der Waals surface area contributed by atoms with Gasteiger partial charge in [0.2, 0.25) is 5.91 Å². The topological polar surface area (TPSA) is 95.5 Å². The molecule has 1 atom stereocenters. The lowest BCUT2D eigenvalue weighted by Crippen LogP contribution is -2.42. The maximum absolute atomic E-state index is 11.8. The van der Waals surface area contributed by atoms with E-state index in [1.807, 2.05) is 0 Å². The molecule has 1 unspecified atom stereocenters. The van der Waals surface area contributed by atoms with Gasteiger partial charge in [0.25, 0.3) is 5.91 Å². The molecule has 1 aromatic rings. The summed E-state index contributed by atoms with van der Waals surface area (Å²) >= 11 is 3.26. The molecule has 1 rings (SSSR count). The average Bonchev–Trinajstić information content (AvgIpc) is 2.43. The molecule has 0 heterocycles. The molecule has 21 heavy (non-hydrogen) atoms. The molecule has 0 aliphatic heterocycles. The number of carbonyl (C=O) groups is 3. The number of halogens is 1. The van der Waals surface area contributed by atoms with Crippen LogP contribution in [0.1, 0.15) is 30.1 Å². The smallest absolute Gasteiger partial charge is 0.305 e. The lowest BCUT2D eigenvalue weighted by atomic mass is 10.1. The number of carbonyl (C=O) groups excluding carboxylic acids is 2. The number of amides is 2. The molecule has 0 aromatic heterocycles. The van der Waals surface area contributed by atoms with Crippen molar-refractivity contribution in [1.82, 2.24) is 10.6 Å². The van der Waals surface area contributed by atoms with Crippen molar-refractivity contribution in [3.8, 4) is 0 Å². The van der Waals surface area contributed by atoms with Gasteiger partial charge in [-0.3, -0.25) is 14.4 Å². The van der Waals surface area contributed by atoms with E-state index >= 15 is 0 Å². The number of rotatable bonds is 7. The highest BCUT2D eigenvalue weighted by atomic mass is 79.9. The molecule has 1 aromatic carbocycles. The minimum absolute atomic E-state index is 0.137. The molecule has 3 N–H and O–H groups in total. The lowest BCUT2D eigenvalue weighted by molar-refractivity contribution is -0.137. The number of benzene rings is 1. The molecule has 7 heteroatoms. The summed E-state index contributed by atoms with van der Waals surface area (Å²) in [6, 6.07) is 6.36. The maximum Gasteiger partial charge on any atom is 0.305 e. The standard InChI is InChI=1S/C14H17BrN2O4/c1-2-11(7-13(19)20)17-12(18)8-16-14(21)9-4-3-5-10(15)6-9/h3-6,11H,2,7-8H2,1H3,(H,16,21)(H,17,18)(H,19,20). The van der Waals surface area contributed by atoms with Crippen molar-refractivity contribution in [2.45, 2.75) is 25.8 Å². The van der Waals surface area contributed by atoms with Crippen molar-refractivity contribution in [2.24, 2.45) is 0 Å². The Morgan fingerprint density at radius 1 is 1.33 bits per heavy atom. The first-order chi connectivity index (χ1) is 9.92. The van der Waals surface area contributed by atoms with E-state index in [1.165, 1.54) is 0 Å². The van der Waals surface area contributed by atoms with Crippen LogP contribution in [0, 0.1) is 0 Å². The first-order valence-electron chi connectivity index (χ1n) is 6.47. The zero-order chi connectivity index (χ0) is 15.8. The van der Waals surface area contributed by atoms with Gasteiger partial charge in [-0.15, -0.1) is 0 Å². The van der Waals surface area contributed by atoms with Crippen LogP contribution in [0.3, 0.4) is 0 Å². The largest absolute Gasteiger partial charge is 0.481 e.